The van der Waals surface area contributed by atoms with E-state index in [1.165, 1.54) is 25.7 Å². The molecule has 0 aromatic heterocycles. The molecule has 0 aromatic carbocycles. The van der Waals surface area contributed by atoms with E-state index in [0.717, 1.165) is 19.6 Å². The maximum absolute atomic E-state index is 3.82. The molecule has 2 unspecified atom stereocenters. The minimum atomic E-state index is 0.421. The van der Waals surface area contributed by atoms with E-state index < -0.39 is 0 Å². The van der Waals surface area contributed by atoms with Crippen LogP contribution in [0.15, 0.2) is 0 Å². The summed E-state index contributed by atoms with van der Waals surface area (Å²) in [4.78, 5) is 4.85. The van der Waals surface area contributed by atoms with Crippen molar-refractivity contribution in [3.63, 3.8) is 0 Å². The van der Waals surface area contributed by atoms with Gasteiger partial charge < -0.3 is 15.1 Å². The van der Waals surface area contributed by atoms with E-state index in [4.69, 9.17) is 0 Å². The first-order valence-electron chi connectivity index (χ1n) is 7.97. The molecular formula is C16H35N3. The number of hydrogen-bond donors (Lipinski definition) is 1. The average Bonchev–Trinajstić information content (AvgIpc) is 2.33. The van der Waals surface area contributed by atoms with Crippen LogP contribution in [0.2, 0.25) is 0 Å². The number of nitrogens with zero attached hydrogens (tertiary/aromatic N) is 2. The van der Waals surface area contributed by atoms with Gasteiger partial charge in [0.25, 0.3) is 0 Å². The van der Waals surface area contributed by atoms with Crippen molar-refractivity contribution < 1.29 is 0 Å². The van der Waals surface area contributed by atoms with Crippen LogP contribution < -0.4 is 5.32 Å². The zero-order valence-electron chi connectivity index (χ0n) is 14.0. The summed E-state index contributed by atoms with van der Waals surface area (Å²) in [5, 5.41) is 3.82. The van der Waals surface area contributed by atoms with Crippen LogP contribution in [0.3, 0.4) is 0 Å². The van der Waals surface area contributed by atoms with Crippen LogP contribution in [0.1, 0.15) is 46.5 Å². The molecule has 2 atom stereocenters. The lowest BCUT2D eigenvalue weighted by Gasteiger charge is -2.48. The first-order valence-corrected chi connectivity index (χ1v) is 7.97. The lowest BCUT2D eigenvalue weighted by molar-refractivity contribution is 0.0597. The molecule has 0 amide bonds. The van der Waals surface area contributed by atoms with E-state index >= 15 is 0 Å². The summed E-state index contributed by atoms with van der Waals surface area (Å²) < 4.78 is 0. The Morgan fingerprint density at radius 1 is 1.16 bits per heavy atom. The minimum absolute atomic E-state index is 0.421. The maximum atomic E-state index is 3.82. The van der Waals surface area contributed by atoms with Gasteiger partial charge in [-0.3, -0.25) is 0 Å². The lowest BCUT2D eigenvalue weighted by Crippen LogP contribution is -2.58. The molecule has 1 N–H and O–H groups in total. The fraction of sp³-hybridized carbons (Fsp3) is 1.00. The van der Waals surface area contributed by atoms with Crippen molar-refractivity contribution in [3.05, 3.63) is 0 Å². The van der Waals surface area contributed by atoms with E-state index in [9.17, 15) is 0 Å². The quantitative estimate of drug-likeness (QED) is 0.766. The van der Waals surface area contributed by atoms with Crippen molar-refractivity contribution in [2.75, 3.05) is 40.8 Å². The fourth-order valence-corrected chi connectivity index (χ4v) is 3.32. The molecule has 3 heteroatoms. The molecule has 1 rings (SSSR count). The molecule has 19 heavy (non-hydrogen) atoms. The second-order valence-corrected chi connectivity index (χ2v) is 7.16. The Morgan fingerprint density at radius 2 is 1.84 bits per heavy atom. The molecule has 3 nitrogen and oxygen atoms in total. The number of hydrogen-bond acceptors (Lipinski definition) is 3. The molecule has 114 valence electrons. The van der Waals surface area contributed by atoms with Crippen LogP contribution in [0, 0.1) is 5.41 Å². The Hall–Kier alpha value is -0.120. The fourth-order valence-electron chi connectivity index (χ4n) is 3.32. The van der Waals surface area contributed by atoms with Gasteiger partial charge >= 0.3 is 0 Å². The van der Waals surface area contributed by atoms with Crippen LogP contribution in [-0.4, -0.2) is 62.7 Å². The first-order chi connectivity index (χ1) is 8.88. The smallest absolute Gasteiger partial charge is 0.0274 e. The summed E-state index contributed by atoms with van der Waals surface area (Å²) in [6.45, 7) is 10.6. The second kappa shape index (κ2) is 7.61. The summed E-state index contributed by atoms with van der Waals surface area (Å²) in [6, 6.07) is 1.32. The normalized spacial score (nSPS) is 27.2. The van der Waals surface area contributed by atoms with E-state index in [1.54, 1.807) is 0 Å². The largest absolute Gasteiger partial charge is 0.312 e. The van der Waals surface area contributed by atoms with Gasteiger partial charge in [0.1, 0.15) is 0 Å². The third-order valence-electron chi connectivity index (χ3n) is 4.63. The van der Waals surface area contributed by atoms with Gasteiger partial charge in [-0.2, -0.15) is 0 Å². The zero-order chi connectivity index (χ0) is 14.5. The van der Waals surface area contributed by atoms with Crippen molar-refractivity contribution in [2.24, 2.45) is 5.41 Å². The van der Waals surface area contributed by atoms with Crippen molar-refractivity contribution in [3.8, 4) is 0 Å². The predicted molar refractivity (Wildman–Crippen MR) is 84.7 cm³/mol. The van der Waals surface area contributed by atoms with Crippen molar-refractivity contribution in [1.29, 1.82) is 0 Å². The molecule has 0 saturated heterocycles. The monoisotopic (exact) mass is 269 g/mol. The highest BCUT2D eigenvalue weighted by molar-refractivity contribution is 4.97. The molecule has 0 heterocycles. The van der Waals surface area contributed by atoms with Gasteiger partial charge in [0.05, 0.1) is 0 Å². The third-order valence-corrected chi connectivity index (χ3v) is 4.63. The highest BCUT2D eigenvalue weighted by atomic mass is 15.2. The summed E-state index contributed by atoms with van der Waals surface area (Å²) in [5.41, 5.74) is 0.421. The average molecular weight is 269 g/mol. The number of likely N-dealkylation sites (N-methyl/N-ethyl adjacent to an activating group) is 2. The molecule has 0 spiro atoms. The highest BCUT2D eigenvalue weighted by Gasteiger charge is 2.39. The van der Waals surface area contributed by atoms with Crippen LogP contribution in [0.5, 0.6) is 0 Å². The molecule has 0 bridgehead atoms. The summed E-state index contributed by atoms with van der Waals surface area (Å²) >= 11 is 0. The van der Waals surface area contributed by atoms with Crippen molar-refractivity contribution >= 4 is 0 Å². The molecular weight excluding hydrogens is 234 g/mol. The predicted octanol–water partition coefficient (Wildman–Crippen LogP) is 2.43. The van der Waals surface area contributed by atoms with Gasteiger partial charge in [0, 0.05) is 25.2 Å². The van der Waals surface area contributed by atoms with E-state index in [0.29, 0.717) is 17.5 Å². The van der Waals surface area contributed by atoms with Crippen LogP contribution >= 0.6 is 0 Å². The van der Waals surface area contributed by atoms with Gasteiger partial charge in [-0.25, -0.2) is 0 Å². The van der Waals surface area contributed by atoms with Gasteiger partial charge in [0.15, 0.2) is 0 Å². The zero-order valence-corrected chi connectivity index (χ0v) is 14.0. The van der Waals surface area contributed by atoms with Gasteiger partial charge in [-0.15, -0.1) is 0 Å². The Bertz CT molecular complexity index is 250. The van der Waals surface area contributed by atoms with Gasteiger partial charge in [-0.05, 0) is 52.4 Å². The van der Waals surface area contributed by atoms with Crippen molar-refractivity contribution in [1.82, 2.24) is 15.1 Å². The first kappa shape index (κ1) is 16.9. The Labute approximate surface area is 120 Å². The molecule has 0 aliphatic heterocycles. The van der Waals surface area contributed by atoms with Crippen LogP contribution in [-0.2, 0) is 0 Å². The summed E-state index contributed by atoms with van der Waals surface area (Å²) in [5.74, 6) is 0. The molecule has 0 aromatic rings. The number of rotatable bonds is 7. The Morgan fingerprint density at radius 3 is 2.42 bits per heavy atom. The lowest BCUT2D eigenvalue weighted by atomic mass is 9.70. The van der Waals surface area contributed by atoms with Crippen molar-refractivity contribution in [2.45, 2.75) is 58.5 Å². The topological polar surface area (TPSA) is 18.5 Å². The van der Waals surface area contributed by atoms with E-state index in [2.05, 4.69) is 57.0 Å². The van der Waals surface area contributed by atoms with Crippen LogP contribution in [0.25, 0.3) is 0 Å². The SMILES string of the molecule is CCCNC1C(N(C)CCN(C)C)CCCC1(C)C. The second-order valence-electron chi connectivity index (χ2n) is 7.16. The standard InChI is InChI=1S/C16H35N3/c1-7-11-17-15-14(9-8-10-16(15,2)3)19(6)13-12-18(4)5/h14-15,17H,7-13H2,1-6H3. The Kier molecular flexibility index (Phi) is 6.78. The highest BCUT2D eigenvalue weighted by Crippen LogP contribution is 2.37. The molecule has 1 aliphatic carbocycles. The minimum Gasteiger partial charge on any atom is -0.312 e. The molecule has 1 fully saturated rings. The summed E-state index contributed by atoms with van der Waals surface area (Å²) in [6.07, 6.45) is 5.29. The van der Waals surface area contributed by atoms with E-state index in [-0.39, 0.29) is 0 Å². The molecule has 1 saturated carbocycles. The van der Waals surface area contributed by atoms with Crippen LogP contribution in [0.4, 0.5) is 0 Å². The Balaban J connectivity index is 2.65. The maximum Gasteiger partial charge on any atom is 0.0274 e. The van der Waals surface area contributed by atoms with E-state index in [1.807, 2.05) is 0 Å². The molecule has 1 aliphatic rings. The third kappa shape index (κ3) is 5.05. The van der Waals surface area contributed by atoms with Gasteiger partial charge in [-0.1, -0.05) is 27.2 Å². The number of nitrogens with one attached hydrogen (secondary N) is 1. The van der Waals surface area contributed by atoms with Gasteiger partial charge in [0.2, 0.25) is 0 Å². The molecule has 0 radical (unpaired) electrons. The summed E-state index contributed by atoms with van der Waals surface area (Å²) in [7, 11) is 6.62.